The standard InChI is InChI=1S/C20H31NO4S/c1-19(2,3)24-17(22)15-11-26-16(14-10-12-7-8-13(14)9-12)21(15)18(23)25-20(4,5)6/h7-8,12-16H,9-11H2,1-6H3/t12?,13?,14?,15-,16?/m0/s1. The van der Waals surface area contributed by atoms with Crippen molar-refractivity contribution in [3.63, 3.8) is 0 Å². The first-order valence-corrected chi connectivity index (χ1v) is 10.5. The van der Waals surface area contributed by atoms with E-state index in [1.54, 1.807) is 16.7 Å². The second-order valence-corrected chi connectivity index (χ2v) is 10.8. The lowest BCUT2D eigenvalue weighted by Gasteiger charge is -2.36. The van der Waals surface area contributed by atoms with Crippen LogP contribution < -0.4 is 0 Å². The van der Waals surface area contributed by atoms with Crippen LogP contribution in [0.1, 0.15) is 54.4 Å². The van der Waals surface area contributed by atoms with Crippen LogP contribution in [0.4, 0.5) is 4.79 Å². The number of carbonyl (C=O) groups excluding carboxylic acids is 2. The Morgan fingerprint density at radius 1 is 1.00 bits per heavy atom. The summed E-state index contributed by atoms with van der Waals surface area (Å²) in [6.07, 6.45) is 6.42. The van der Waals surface area contributed by atoms with Crippen LogP contribution in [-0.4, -0.2) is 45.3 Å². The molecule has 2 aliphatic carbocycles. The summed E-state index contributed by atoms with van der Waals surface area (Å²) in [5.41, 5.74) is -1.17. The van der Waals surface area contributed by atoms with Gasteiger partial charge in [0.25, 0.3) is 0 Å². The summed E-state index contributed by atoms with van der Waals surface area (Å²) in [5.74, 6) is 1.73. The lowest BCUT2D eigenvalue weighted by Crippen LogP contribution is -2.51. The summed E-state index contributed by atoms with van der Waals surface area (Å²) in [7, 11) is 0. The fourth-order valence-corrected chi connectivity index (χ4v) is 5.74. The zero-order valence-electron chi connectivity index (χ0n) is 16.7. The molecule has 0 aromatic heterocycles. The third-order valence-electron chi connectivity index (χ3n) is 5.01. The molecule has 0 radical (unpaired) electrons. The van der Waals surface area contributed by atoms with Gasteiger partial charge in [0.05, 0.1) is 5.37 Å². The average molecular weight is 382 g/mol. The van der Waals surface area contributed by atoms with Gasteiger partial charge < -0.3 is 9.47 Å². The van der Waals surface area contributed by atoms with Crippen LogP contribution >= 0.6 is 11.8 Å². The molecule has 0 spiro atoms. The van der Waals surface area contributed by atoms with Crippen molar-refractivity contribution >= 4 is 23.8 Å². The molecule has 3 aliphatic rings. The lowest BCUT2D eigenvalue weighted by atomic mass is 9.92. The summed E-state index contributed by atoms with van der Waals surface area (Å²) in [6.45, 7) is 11.1. The molecular weight excluding hydrogens is 350 g/mol. The van der Waals surface area contributed by atoms with Gasteiger partial charge in [0.2, 0.25) is 0 Å². The molecule has 2 bridgehead atoms. The Balaban J connectivity index is 1.82. The number of esters is 1. The largest absolute Gasteiger partial charge is 0.458 e. The maximum atomic E-state index is 13.0. The molecule has 0 N–H and O–H groups in total. The van der Waals surface area contributed by atoms with Crippen molar-refractivity contribution in [2.24, 2.45) is 17.8 Å². The zero-order valence-corrected chi connectivity index (χ0v) is 17.5. The SMILES string of the molecule is CC(C)(C)OC(=O)[C@@H]1CSC(C2CC3C=CC2C3)N1C(=O)OC(C)(C)C. The second kappa shape index (κ2) is 6.77. The predicted octanol–water partition coefficient (Wildman–Crippen LogP) is 4.22. The van der Waals surface area contributed by atoms with Crippen LogP contribution in [0.2, 0.25) is 0 Å². The van der Waals surface area contributed by atoms with Crippen molar-refractivity contribution in [3.05, 3.63) is 12.2 Å². The highest BCUT2D eigenvalue weighted by Gasteiger charge is 2.51. The number of fused-ring (bicyclic) bond motifs is 2. The van der Waals surface area contributed by atoms with Crippen LogP contribution in [0.5, 0.6) is 0 Å². The Morgan fingerprint density at radius 2 is 1.65 bits per heavy atom. The summed E-state index contributed by atoms with van der Waals surface area (Å²) in [4.78, 5) is 27.4. The van der Waals surface area contributed by atoms with E-state index in [9.17, 15) is 9.59 Å². The first-order chi connectivity index (χ1) is 11.9. The minimum atomic E-state index is -0.595. The van der Waals surface area contributed by atoms with Crippen molar-refractivity contribution in [2.75, 3.05) is 5.75 Å². The summed E-state index contributed by atoms with van der Waals surface area (Å²) in [6, 6.07) is -0.581. The number of thioether (sulfide) groups is 1. The number of ether oxygens (including phenoxy) is 2. The smallest absolute Gasteiger partial charge is 0.411 e. The predicted molar refractivity (Wildman–Crippen MR) is 103 cm³/mol. The third kappa shape index (κ3) is 4.21. The molecule has 0 aromatic rings. The van der Waals surface area contributed by atoms with Gasteiger partial charge >= 0.3 is 12.1 Å². The number of nitrogens with zero attached hydrogens (tertiary/aromatic N) is 1. The lowest BCUT2D eigenvalue weighted by molar-refractivity contribution is -0.160. The molecule has 1 saturated carbocycles. The Labute approximate surface area is 160 Å². The van der Waals surface area contributed by atoms with Gasteiger partial charge in [-0.05, 0) is 72.1 Å². The maximum Gasteiger partial charge on any atom is 0.411 e. The highest BCUT2D eigenvalue weighted by molar-refractivity contribution is 8.00. The highest BCUT2D eigenvalue weighted by atomic mass is 32.2. The topological polar surface area (TPSA) is 55.8 Å². The minimum Gasteiger partial charge on any atom is -0.458 e. The van der Waals surface area contributed by atoms with Gasteiger partial charge in [-0.2, -0.15) is 0 Å². The first kappa shape index (κ1) is 19.6. The highest BCUT2D eigenvalue weighted by Crippen LogP contribution is 2.51. The van der Waals surface area contributed by atoms with Crippen molar-refractivity contribution < 1.29 is 19.1 Å². The van der Waals surface area contributed by atoms with E-state index in [2.05, 4.69) is 12.2 Å². The Bertz CT molecular complexity index is 604. The molecule has 146 valence electrons. The average Bonchev–Trinajstić information content (AvgIpc) is 3.17. The number of hydrogen-bond donors (Lipinski definition) is 0. The molecule has 26 heavy (non-hydrogen) atoms. The summed E-state index contributed by atoms with van der Waals surface area (Å²) in [5, 5.41) is -0.0256. The number of allylic oxidation sites excluding steroid dienone is 2. The van der Waals surface area contributed by atoms with Gasteiger partial charge in [0.15, 0.2) is 0 Å². The second-order valence-electron chi connectivity index (χ2n) is 9.60. The third-order valence-corrected chi connectivity index (χ3v) is 6.44. The van der Waals surface area contributed by atoms with E-state index in [-0.39, 0.29) is 11.3 Å². The molecule has 6 heteroatoms. The summed E-state index contributed by atoms with van der Waals surface area (Å²) >= 11 is 1.69. The van der Waals surface area contributed by atoms with Gasteiger partial charge in [-0.1, -0.05) is 12.2 Å². The molecule has 1 aliphatic heterocycles. The van der Waals surface area contributed by atoms with Crippen molar-refractivity contribution in [1.82, 2.24) is 4.90 Å². The molecule has 2 fully saturated rings. The van der Waals surface area contributed by atoms with Crippen molar-refractivity contribution in [3.8, 4) is 0 Å². The first-order valence-electron chi connectivity index (χ1n) is 9.49. The van der Waals surface area contributed by atoms with E-state index in [0.717, 1.165) is 6.42 Å². The Kier molecular flexibility index (Phi) is 5.10. The monoisotopic (exact) mass is 381 g/mol. The quantitative estimate of drug-likeness (QED) is 0.529. The normalized spacial score (nSPS) is 33.6. The van der Waals surface area contributed by atoms with Crippen molar-refractivity contribution in [1.29, 1.82) is 0 Å². The van der Waals surface area contributed by atoms with E-state index in [1.165, 1.54) is 6.42 Å². The molecule has 1 saturated heterocycles. The zero-order chi connectivity index (χ0) is 19.3. The number of hydrogen-bond acceptors (Lipinski definition) is 5. The van der Waals surface area contributed by atoms with Crippen molar-refractivity contribution in [2.45, 2.75) is 77.0 Å². The molecule has 5 atom stereocenters. The molecule has 5 nitrogen and oxygen atoms in total. The van der Waals surface area contributed by atoms with E-state index in [1.807, 2.05) is 41.5 Å². The summed E-state index contributed by atoms with van der Waals surface area (Å²) < 4.78 is 11.2. The van der Waals surface area contributed by atoms with E-state index in [0.29, 0.717) is 23.5 Å². The maximum absolute atomic E-state index is 13.0. The molecule has 1 amide bonds. The molecule has 1 heterocycles. The van der Waals surface area contributed by atoms with Gasteiger partial charge in [0.1, 0.15) is 17.2 Å². The Morgan fingerprint density at radius 3 is 2.15 bits per heavy atom. The van der Waals surface area contributed by atoms with Gasteiger partial charge in [-0.3, -0.25) is 4.90 Å². The number of carbonyl (C=O) groups is 2. The molecule has 3 rings (SSSR count). The van der Waals surface area contributed by atoms with E-state index >= 15 is 0 Å². The number of rotatable bonds is 2. The van der Waals surface area contributed by atoms with Crippen LogP contribution in [-0.2, 0) is 14.3 Å². The number of amides is 1. The van der Waals surface area contributed by atoms with Crippen LogP contribution in [0, 0.1) is 17.8 Å². The van der Waals surface area contributed by atoms with Gasteiger partial charge in [0, 0.05) is 5.75 Å². The van der Waals surface area contributed by atoms with Crippen LogP contribution in [0.15, 0.2) is 12.2 Å². The van der Waals surface area contributed by atoms with Gasteiger partial charge in [-0.15, -0.1) is 11.8 Å². The van der Waals surface area contributed by atoms with Crippen LogP contribution in [0.3, 0.4) is 0 Å². The molecular formula is C20H31NO4S. The van der Waals surface area contributed by atoms with E-state index in [4.69, 9.17) is 9.47 Å². The fourth-order valence-electron chi connectivity index (χ4n) is 4.11. The molecule has 0 aromatic carbocycles. The molecule has 4 unspecified atom stereocenters. The Hall–Kier alpha value is -1.17. The van der Waals surface area contributed by atoms with Gasteiger partial charge in [-0.25, -0.2) is 9.59 Å². The minimum absolute atomic E-state index is 0.0256. The van der Waals surface area contributed by atoms with E-state index < -0.39 is 23.3 Å². The fraction of sp³-hybridized carbons (Fsp3) is 0.800. The van der Waals surface area contributed by atoms with Crippen LogP contribution in [0.25, 0.3) is 0 Å².